The van der Waals surface area contributed by atoms with Crippen molar-refractivity contribution < 1.29 is 13.2 Å². The first kappa shape index (κ1) is 11.3. The molecule has 0 aromatic carbocycles. The molecule has 0 nitrogen and oxygen atoms in total. The molecule has 0 spiro atoms. The van der Waals surface area contributed by atoms with Crippen molar-refractivity contribution >= 4 is 0 Å². The van der Waals surface area contributed by atoms with E-state index < -0.39 is 11.7 Å². The van der Waals surface area contributed by atoms with Crippen LogP contribution >= 0.6 is 0 Å². The summed E-state index contributed by atoms with van der Waals surface area (Å²) in [5.74, 6) is 0. The molecule has 0 unspecified atom stereocenters. The summed E-state index contributed by atoms with van der Waals surface area (Å²) in [7, 11) is 0. The van der Waals surface area contributed by atoms with Crippen LogP contribution in [-0.2, 0) is 0 Å². The summed E-state index contributed by atoms with van der Waals surface area (Å²) in [5.41, 5.74) is -0.169. The third-order valence-electron chi connectivity index (χ3n) is 1.67. The van der Waals surface area contributed by atoms with Crippen LogP contribution in [-0.4, -0.2) is 6.18 Å². The minimum atomic E-state index is -4.22. The number of alkyl halides is 3. The monoisotopic (exact) mass is 178 g/mol. The smallest absolute Gasteiger partial charge is 0.166 e. The second kappa shape index (κ2) is 4.33. The SMILES string of the molecule is C/C=C(CC)\C(=C/C)C(F)(F)F. The highest BCUT2D eigenvalue weighted by Gasteiger charge is 2.34. The Morgan fingerprint density at radius 2 is 1.67 bits per heavy atom. The predicted octanol–water partition coefficient (Wildman–Crippen LogP) is 3.85. The van der Waals surface area contributed by atoms with Crippen molar-refractivity contribution in [1.29, 1.82) is 0 Å². The Labute approximate surface area is 70.8 Å². The first-order chi connectivity index (χ1) is 5.47. The largest absolute Gasteiger partial charge is 0.416 e. The van der Waals surface area contributed by atoms with Crippen LogP contribution in [0, 0.1) is 0 Å². The number of allylic oxidation sites excluding steroid dienone is 4. The number of halogens is 3. The van der Waals surface area contributed by atoms with Gasteiger partial charge < -0.3 is 0 Å². The Morgan fingerprint density at radius 1 is 1.17 bits per heavy atom. The summed E-state index contributed by atoms with van der Waals surface area (Å²) >= 11 is 0. The van der Waals surface area contributed by atoms with E-state index in [9.17, 15) is 13.2 Å². The summed E-state index contributed by atoms with van der Waals surface area (Å²) in [6, 6.07) is 0. The molecule has 70 valence electrons. The minimum absolute atomic E-state index is 0.352. The molecule has 0 radical (unpaired) electrons. The van der Waals surface area contributed by atoms with Crippen molar-refractivity contribution in [1.82, 2.24) is 0 Å². The van der Waals surface area contributed by atoms with Crippen molar-refractivity contribution in [3.05, 3.63) is 23.3 Å². The molecule has 0 aromatic heterocycles. The topological polar surface area (TPSA) is 0 Å². The van der Waals surface area contributed by atoms with Crippen molar-refractivity contribution in [2.24, 2.45) is 0 Å². The van der Waals surface area contributed by atoms with Crippen LogP contribution in [0.2, 0.25) is 0 Å². The fourth-order valence-corrected chi connectivity index (χ4v) is 1.08. The Bertz CT molecular complexity index is 196. The fourth-order valence-electron chi connectivity index (χ4n) is 1.08. The number of rotatable bonds is 2. The maximum atomic E-state index is 12.2. The standard InChI is InChI=1S/C9H13F3/c1-4-7(5-2)8(6-3)9(10,11)12/h4,6H,5H2,1-3H3/b7-4-,8-6+. The average Bonchev–Trinajstić information content (AvgIpc) is 1.97. The Hall–Kier alpha value is -0.730. The van der Waals surface area contributed by atoms with E-state index in [2.05, 4.69) is 0 Å². The van der Waals surface area contributed by atoms with E-state index in [1.54, 1.807) is 13.8 Å². The number of hydrogen-bond donors (Lipinski definition) is 0. The van der Waals surface area contributed by atoms with E-state index in [1.165, 1.54) is 13.0 Å². The Balaban J connectivity index is 4.82. The van der Waals surface area contributed by atoms with Crippen molar-refractivity contribution in [3.63, 3.8) is 0 Å². The van der Waals surface area contributed by atoms with Crippen LogP contribution in [0.3, 0.4) is 0 Å². The molecule has 12 heavy (non-hydrogen) atoms. The highest BCUT2D eigenvalue weighted by Crippen LogP contribution is 2.32. The van der Waals surface area contributed by atoms with Gasteiger partial charge in [0.2, 0.25) is 0 Å². The van der Waals surface area contributed by atoms with Crippen LogP contribution in [0.4, 0.5) is 13.2 Å². The lowest BCUT2D eigenvalue weighted by Gasteiger charge is -2.12. The van der Waals surface area contributed by atoms with Gasteiger partial charge in [-0.05, 0) is 25.8 Å². The second-order valence-electron chi connectivity index (χ2n) is 2.37. The fraction of sp³-hybridized carbons (Fsp3) is 0.556. The molecule has 0 aliphatic heterocycles. The molecule has 3 heteroatoms. The van der Waals surface area contributed by atoms with Gasteiger partial charge in [0, 0.05) is 0 Å². The van der Waals surface area contributed by atoms with Crippen molar-refractivity contribution in [2.75, 3.05) is 0 Å². The van der Waals surface area contributed by atoms with Crippen LogP contribution in [0.5, 0.6) is 0 Å². The van der Waals surface area contributed by atoms with Gasteiger partial charge in [-0.1, -0.05) is 19.1 Å². The zero-order valence-electron chi connectivity index (χ0n) is 7.50. The predicted molar refractivity (Wildman–Crippen MR) is 43.9 cm³/mol. The summed E-state index contributed by atoms with van der Waals surface area (Å²) in [6.07, 6.45) is -1.19. The van der Waals surface area contributed by atoms with Gasteiger partial charge in [-0.2, -0.15) is 13.2 Å². The molecule has 0 bridgehead atoms. The molecule has 0 aliphatic rings. The van der Waals surface area contributed by atoms with Gasteiger partial charge in [0.15, 0.2) is 0 Å². The van der Waals surface area contributed by atoms with Gasteiger partial charge >= 0.3 is 6.18 Å². The highest BCUT2D eigenvalue weighted by molar-refractivity contribution is 5.33. The van der Waals surface area contributed by atoms with Crippen molar-refractivity contribution in [3.8, 4) is 0 Å². The lowest BCUT2D eigenvalue weighted by molar-refractivity contribution is -0.0896. The maximum absolute atomic E-state index is 12.2. The molecule has 0 atom stereocenters. The van der Waals surface area contributed by atoms with Crippen LogP contribution < -0.4 is 0 Å². The lowest BCUT2D eigenvalue weighted by atomic mass is 10.0. The van der Waals surface area contributed by atoms with E-state index in [0.717, 1.165) is 6.08 Å². The lowest BCUT2D eigenvalue weighted by Crippen LogP contribution is -2.13. The minimum Gasteiger partial charge on any atom is -0.166 e. The van der Waals surface area contributed by atoms with Crippen molar-refractivity contribution in [2.45, 2.75) is 33.4 Å². The summed E-state index contributed by atoms with van der Waals surface area (Å²) in [4.78, 5) is 0. The van der Waals surface area contributed by atoms with E-state index in [1.807, 2.05) is 0 Å². The number of hydrogen-bond acceptors (Lipinski definition) is 0. The summed E-state index contributed by atoms with van der Waals surface area (Å²) in [6.45, 7) is 4.74. The molecule has 0 saturated carbocycles. The summed E-state index contributed by atoms with van der Waals surface area (Å²) < 4.78 is 36.7. The Kier molecular flexibility index (Phi) is 4.07. The molecular weight excluding hydrogens is 165 g/mol. The molecule has 0 saturated heterocycles. The normalized spacial score (nSPS) is 15.2. The van der Waals surface area contributed by atoms with E-state index in [4.69, 9.17) is 0 Å². The molecule has 0 amide bonds. The van der Waals surface area contributed by atoms with Gasteiger partial charge in [-0.3, -0.25) is 0 Å². The molecular formula is C9H13F3. The summed E-state index contributed by atoms with van der Waals surface area (Å²) in [5, 5.41) is 0. The van der Waals surface area contributed by atoms with Gasteiger partial charge in [-0.25, -0.2) is 0 Å². The molecule has 0 aromatic rings. The molecule has 0 N–H and O–H groups in total. The van der Waals surface area contributed by atoms with Crippen LogP contribution in [0.15, 0.2) is 23.3 Å². The molecule has 0 fully saturated rings. The molecule has 0 rings (SSSR count). The molecule has 0 aliphatic carbocycles. The Morgan fingerprint density at radius 3 is 1.75 bits per heavy atom. The zero-order valence-corrected chi connectivity index (χ0v) is 7.50. The first-order valence-corrected chi connectivity index (χ1v) is 3.86. The second-order valence-corrected chi connectivity index (χ2v) is 2.37. The molecule has 0 heterocycles. The van der Waals surface area contributed by atoms with Gasteiger partial charge in [-0.15, -0.1) is 0 Å². The highest BCUT2D eigenvalue weighted by atomic mass is 19.4. The van der Waals surface area contributed by atoms with Gasteiger partial charge in [0.1, 0.15) is 0 Å². The van der Waals surface area contributed by atoms with Gasteiger partial charge in [0.05, 0.1) is 5.57 Å². The zero-order chi connectivity index (χ0) is 9.78. The first-order valence-electron chi connectivity index (χ1n) is 3.86. The van der Waals surface area contributed by atoms with Gasteiger partial charge in [0.25, 0.3) is 0 Å². The van der Waals surface area contributed by atoms with E-state index in [0.29, 0.717) is 12.0 Å². The van der Waals surface area contributed by atoms with Crippen LogP contribution in [0.25, 0.3) is 0 Å². The maximum Gasteiger partial charge on any atom is 0.416 e. The average molecular weight is 178 g/mol. The van der Waals surface area contributed by atoms with E-state index >= 15 is 0 Å². The third kappa shape index (κ3) is 2.72. The van der Waals surface area contributed by atoms with Crippen LogP contribution in [0.1, 0.15) is 27.2 Å². The third-order valence-corrected chi connectivity index (χ3v) is 1.67. The quantitative estimate of drug-likeness (QED) is 0.563. The van der Waals surface area contributed by atoms with E-state index in [-0.39, 0.29) is 0 Å².